The Bertz CT molecular complexity index is 332. The predicted molar refractivity (Wildman–Crippen MR) is 65.5 cm³/mol. The van der Waals surface area contributed by atoms with E-state index in [1.54, 1.807) is 0 Å². The maximum atomic E-state index is 5.67. The summed E-state index contributed by atoms with van der Waals surface area (Å²) >= 11 is 0. The zero-order valence-electron chi connectivity index (χ0n) is 10.7. The highest BCUT2D eigenvalue weighted by Crippen LogP contribution is 2.23. The molecule has 0 unspecified atom stereocenters. The lowest BCUT2D eigenvalue weighted by Gasteiger charge is -2.24. The van der Waals surface area contributed by atoms with Gasteiger partial charge in [0, 0.05) is 12.6 Å². The largest absolute Gasteiger partial charge is 0.370 e. The lowest BCUT2D eigenvalue weighted by molar-refractivity contribution is -0.0174. The van der Waals surface area contributed by atoms with Crippen molar-refractivity contribution in [3.63, 3.8) is 0 Å². The highest BCUT2D eigenvalue weighted by Gasteiger charge is 2.18. The van der Waals surface area contributed by atoms with E-state index in [9.17, 15) is 0 Å². The molecule has 0 atom stereocenters. The summed E-state index contributed by atoms with van der Waals surface area (Å²) in [5.41, 5.74) is 0.956. The number of aromatic nitrogens is 1. The van der Waals surface area contributed by atoms with E-state index in [-0.39, 0.29) is 0 Å². The van der Waals surface area contributed by atoms with E-state index < -0.39 is 0 Å². The van der Waals surface area contributed by atoms with Crippen LogP contribution in [-0.4, -0.2) is 17.8 Å². The van der Waals surface area contributed by atoms with Crippen LogP contribution >= 0.6 is 0 Å². The fourth-order valence-electron chi connectivity index (χ4n) is 1.73. The molecule has 1 aromatic rings. The van der Waals surface area contributed by atoms with Gasteiger partial charge in [0.1, 0.15) is 6.61 Å². The number of hydrogen-bond donors (Lipinski definition) is 1. The van der Waals surface area contributed by atoms with E-state index >= 15 is 0 Å². The number of ether oxygens (including phenoxy) is 1. The fourth-order valence-corrected chi connectivity index (χ4v) is 1.73. The smallest absolute Gasteiger partial charge is 0.162 e. The maximum Gasteiger partial charge on any atom is 0.162 e. The first-order valence-corrected chi connectivity index (χ1v) is 6.51. The minimum atomic E-state index is 0.447. The van der Waals surface area contributed by atoms with E-state index in [1.165, 1.54) is 19.3 Å². The van der Waals surface area contributed by atoms with Crippen molar-refractivity contribution in [2.75, 3.05) is 6.54 Å². The molecular formula is C13H22N2O2. The minimum absolute atomic E-state index is 0.447. The normalized spacial score (nSPS) is 16.4. The molecule has 1 aromatic heterocycles. The minimum Gasteiger partial charge on any atom is -0.370 e. The molecule has 0 spiro atoms. The van der Waals surface area contributed by atoms with Crippen LogP contribution in [0.25, 0.3) is 0 Å². The molecule has 0 aromatic carbocycles. The second-order valence-corrected chi connectivity index (χ2v) is 5.17. The van der Waals surface area contributed by atoms with Crippen LogP contribution < -0.4 is 5.32 Å². The summed E-state index contributed by atoms with van der Waals surface area (Å²) in [6.07, 6.45) is 4.13. The summed E-state index contributed by atoms with van der Waals surface area (Å²) in [6, 6.07) is 1.98. The van der Waals surface area contributed by atoms with Crippen LogP contribution in [0.4, 0.5) is 0 Å². The van der Waals surface area contributed by atoms with E-state index in [0.29, 0.717) is 18.6 Å². The third kappa shape index (κ3) is 4.13. The molecule has 1 heterocycles. The van der Waals surface area contributed by atoms with Crippen LogP contribution in [0.3, 0.4) is 0 Å². The van der Waals surface area contributed by atoms with Crippen LogP contribution in [-0.2, 0) is 17.9 Å². The van der Waals surface area contributed by atoms with Crippen molar-refractivity contribution in [2.24, 2.45) is 5.92 Å². The average molecular weight is 238 g/mol. The van der Waals surface area contributed by atoms with Crippen LogP contribution in [0, 0.1) is 5.92 Å². The van der Waals surface area contributed by atoms with Crippen molar-refractivity contribution >= 4 is 0 Å². The molecule has 1 saturated carbocycles. The zero-order chi connectivity index (χ0) is 12.1. The molecule has 1 fully saturated rings. The van der Waals surface area contributed by atoms with Gasteiger partial charge in [0.15, 0.2) is 5.76 Å². The maximum absolute atomic E-state index is 5.67. The highest BCUT2D eigenvalue weighted by atomic mass is 16.5. The lowest BCUT2D eigenvalue weighted by Crippen LogP contribution is -2.21. The molecule has 1 aliphatic carbocycles. The molecule has 2 rings (SSSR count). The summed E-state index contributed by atoms with van der Waals surface area (Å²) in [6.45, 7) is 6.70. The summed E-state index contributed by atoms with van der Waals surface area (Å²) in [7, 11) is 0. The van der Waals surface area contributed by atoms with Crippen LogP contribution in [0.2, 0.25) is 0 Å². The van der Waals surface area contributed by atoms with Gasteiger partial charge in [0.2, 0.25) is 0 Å². The van der Waals surface area contributed by atoms with Crippen LogP contribution in [0.1, 0.15) is 44.6 Å². The Morgan fingerprint density at radius 3 is 3.00 bits per heavy atom. The number of nitrogens with zero attached hydrogens (tertiary/aromatic N) is 1. The highest BCUT2D eigenvalue weighted by molar-refractivity contribution is 5.04. The topological polar surface area (TPSA) is 47.3 Å². The summed E-state index contributed by atoms with van der Waals surface area (Å²) in [5, 5.41) is 7.36. The number of nitrogens with one attached hydrogen (secondary N) is 1. The molecule has 4 heteroatoms. The van der Waals surface area contributed by atoms with Crippen molar-refractivity contribution in [1.29, 1.82) is 0 Å². The molecule has 0 saturated heterocycles. The van der Waals surface area contributed by atoms with Crippen LogP contribution in [0.15, 0.2) is 10.6 Å². The van der Waals surface area contributed by atoms with Crippen LogP contribution in [0.5, 0.6) is 0 Å². The van der Waals surface area contributed by atoms with E-state index in [2.05, 4.69) is 24.3 Å². The Balaban J connectivity index is 1.67. The molecule has 0 radical (unpaired) electrons. The van der Waals surface area contributed by atoms with Gasteiger partial charge in [-0.3, -0.25) is 0 Å². The number of rotatable bonds is 7. The Morgan fingerprint density at radius 2 is 2.35 bits per heavy atom. The Morgan fingerprint density at radius 1 is 1.53 bits per heavy atom. The first-order valence-electron chi connectivity index (χ1n) is 6.51. The molecule has 1 N–H and O–H groups in total. The summed E-state index contributed by atoms with van der Waals surface area (Å²) in [5.74, 6) is 1.49. The van der Waals surface area contributed by atoms with Gasteiger partial charge in [-0.1, -0.05) is 19.0 Å². The van der Waals surface area contributed by atoms with Crippen molar-refractivity contribution in [3.05, 3.63) is 17.5 Å². The van der Waals surface area contributed by atoms with Crippen molar-refractivity contribution in [3.8, 4) is 0 Å². The molecule has 17 heavy (non-hydrogen) atoms. The van der Waals surface area contributed by atoms with Crippen molar-refractivity contribution in [1.82, 2.24) is 10.5 Å². The number of hydrogen-bond acceptors (Lipinski definition) is 4. The second-order valence-electron chi connectivity index (χ2n) is 5.17. The van der Waals surface area contributed by atoms with E-state index in [0.717, 1.165) is 24.5 Å². The third-order valence-electron chi connectivity index (χ3n) is 2.98. The Hall–Kier alpha value is -0.870. The standard InChI is InChI=1S/C13H22N2O2/c1-10(2)7-14-8-11-6-13(17-15-11)9-16-12-4-3-5-12/h6,10,12,14H,3-5,7-9H2,1-2H3. The Kier molecular flexibility index (Phi) is 4.57. The molecule has 0 amide bonds. The van der Waals surface area contributed by atoms with E-state index in [1.807, 2.05) is 6.07 Å². The molecule has 0 bridgehead atoms. The Labute approximate surface area is 103 Å². The van der Waals surface area contributed by atoms with Gasteiger partial charge in [0.25, 0.3) is 0 Å². The van der Waals surface area contributed by atoms with Crippen molar-refractivity contribution in [2.45, 2.75) is 52.4 Å². The lowest BCUT2D eigenvalue weighted by atomic mass is 9.96. The first-order chi connectivity index (χ1) is 8.24. The monoisotopic (exact) mass is 238 g/mol. The van der Waals surface area contributed by atoms with Crippen molar-refractivity contribution < 1.29 is 9.26 Å². The summed E-state index contributed by atoms with van der Waals surface area (Å²) < 4.78 is 10.9. The quantitative estimate of drug-likeness (QED) is 0.792. The molecule has 1 aliphatic rings. The molecule has 0 aliphatic heterocycles. The average Bonchev–Trinajstić information content (AvgIpc) is 2.63. The van der Waals surface area contributed by atoms with Gasteiger partial charge in [-0.2, -0.15) is 0 Å². The van der Waals surface area contributed by atoms with Gasteiger partial charge in [-0.25, -0.2) is 0 Å². The summed E-state index contributed by atoms with van der Waals surface area (Å²) in [4.78, 5) is 0. The third-order valence-corrected chi connectivity index (χ3v) is 2.98. The SMILES string of the molecule is CC(C)CNCc1cc(COC2CCC2)on1. The van der Waals surface area contributed by atoms with Gasteiger partial charge < -0.3 is 14.6 Å². The molecule has 96 valence electrons. The first kappa shape index (κ1) is 12.6. The second kappa shape index (κ2) is 6.17. The molecular weight excluding hydrogens is 216 g/mol. The fraction of sp³-hybridized carbons (Fsp3) is 0.769. The van der Waals surface area contributed by atoms with Gasteiger partial charge in [-0.15, -0.1) is 0 Å². The zero-order valence-corrected chi connectivity index (χ0v) is 10.7. The van der Waals surface area contributed by atoms with E-state index in [4.69, 9.17) is 9.26 Å². The van der Waals surface area contributed by atoms with Gasteiger partial charge >= 0.3 is 0 Å². The molecule has 4 nitrogen and oxygen atoms in total. The van der Waals surface area contributed by atoms with Gasteiger partial charge in [0.05, 0.1) is 11.8 Å². The van der Waals surface area contributed by atoms with Gasteiger partial charge in [-0.05, 0) is 31.7 Å². The predicted octanol–water partition coefficient (Wildman–Crippen LogP) is 2.49.